The van der Waals surface area contributed by atoms with Crippen LogP contribution in [0.15, 0.2) is 18.2 Å². The van der Waals surface area contributed by atoms with Crippen molar-refractivity contribution in [2.75, 3.05) is 20.8 Å². The molecule has 1 aromatic rings. The number of carbonyl (C=O) groups is 2. The third-order valence-electron chi connectivity index (χ3n) is 3.83. The number of Topliss-reactive ketones (excluding diaryl/α,β-unsaturated/α-hetero) is 1. The van der Waals surface area contributed by atoms with Crippen LogP contribution in [0, 0.1) is 0 Å². The van der Waals surface area contributed by atoms with E-state index in [4.69, 9.17) is 9.47 Å². The molecule has 21 heavy (non-hydrogen) atoms. The van der Waals surface area contributed by atoms with Crippen LogP contribution in [0.25, 0.3) is 0 Å². The van der Waals surface area contributed by atoms with Crippen LogP contribution < -0.4 is 9.47 Å². The van der Waals surface area contributed by atoms with Crippen LogP contribution in [-0.2, 0) is 4.79 Å². The molecule has 1 amide bonds. The number of benzene rings is 1. The number of methoxy groups -OCH3 is 2. The Morgan fingerprint density at radius 3 is 2.24 bits per heavy atom. The summed E-state index contributed by atoms with van der Waals surface area (Å²) in [5.41, 5.74) is 0.486. The van der Waals surface area contributed by atoms with Crippen LogP contribution in [0.4, 0.5) is 0 Å². The van der Waals surface area contributed by atoms with Crippen LogP contribution in [-0.4, -0.2) is 43.4 Å². The molecule has 5 nitrogen and oxygen atoms in total. The molecule has 0 N–H and O–H groups in total. The highest BCUT2D eigenvalue weighted by Gasteiger charge is 2.30. The fourth-order valence-electron chi connectivity index (χ4n) is 2.69. The number of ether oxygens (including phenoxy) is 2. The highest BCUT2D eigenvalue weighted by molar-refractivity contribution is 5.98. The van der Waals surface area contributed by atoms with Gasteiger partial charge in [-0.3, -0.25) is 9.59 Å². The molecule has 2 rings (SSSR count). The van der Waals surface area contributed by atoms with Gasteiger partial charge in [-0.1, -0.05) is 0 Å². The minimum Gasteiger partial charge on any atom is -0.497 e. The number of rotatable bonds is 4. The third kappa shape index (κ3) is 3.35. The number of hydrogen-bond donors (Lipinski definition) is 0. The molecular formula is C16H21NO4. The first kappa shape index (κ1) is 15.4. The summed E-state index contributed by atoms with van der Waals surface area (Å²) >= 11 is 0. The maximum atomic E-state index is 12.7. The highest BCUT2D eigenvalue weighted by atomic mass is 16.5. The molecule has 1 aliphatic rings. The number of piperidine rings is 1. The second-order valence-corrected chi connectivity index (χ2v) is 5.22. The molecule has 1 saturated heterocycles. The average Bonchev–Trinajstić information content (AvgIpc) is 2.53. The maximum Gasteiger partial charge on any atom is 0.254 e. The van der Waals surface area contributed by atoms with E-state index in [2.05, 4.69) is 0 Å². The van der Waals surface area contributed by atoms with Gasteiger partial charge in [-0.2, -0.15) is 0 Å². The van der Waals surface area contributed by atoms with Gasteiger partial charge in [-0.15, -0.1) is 0 Å². The summed E-state index contributed by atoms with van der Waals surface area (Å²) < 4.78 is 10.4. The van der Waals surface area contributed by atoms with E-state index in [1.165, 1.54) is 0 Å². The zero-order valence-electron chi connectivity index (χ0n) is 12.7. The standard InChI is InChI=1S/C16H21NO4/c1-11(18)15-6-4-5-7-17(15)16(19)12-8-13(20-2)10-14(9-12)21-3/h8-10,15H,4-7H2,1-3H3. The fourth-order valence-corrected chi connectivity index (χ4v) is 2.69. The van der Waals surface area contributed by atoms with Crippen LogP contribution in [0.5, 0.6) is 11.5 Å². The molecule has 0 saturated carbocycles. The maximum absolute atomic E-state index is 12.7. The highest BCUT2D eigenvalue weighted by Crippen LogP contribution is 2.26. The second-order valence-electron chi connectivity index (χ2n) is 5.22. The Balaban J connectivity index is 2.31. The molecule has 5 heteroatoms. The molecule has 1 atom stereocenters. The van der Waals surface area contributed by atoms with Crippen molar-refractivity contribution >= 4 is 11.7 Å². The van der Waals surface area contributed by atoms with Crippen LogP contribution in [0.3, 0.4) is 0 Å². The summed E-state index contributed by atoms with van der Waals surface area (Å²) in [6.45, 7) is 2.16. The van der Waals surface area contributed by atoms with E-state index in [0.717, 1.165) is 19.3 Å². The summed E-state index contributed by atoms with van der Waals surface area (Å²) in [5, 5.41) is 0. The summed E-state index contributed by atoms with van der Waals surface area (Å²) in [6, 6.07) is 4.76. The van der Waals surface area contributed by atoms with Gasteiger partial charge in [0.15, 0.2) is 5.78 Å². The van der Waals surface area contributed by atoms with Crippen LogP contribution in [0.1, 0.15) is 36.5 Å². The van der Waals surface area contributed by atoms with E-state index in [0.29, 0.717) is 23.6 Å². The SMILES string of the molecule is COc1cc(OC)cc(C(=O)N2CCCCC2C(C)=O)c1. The lowest BCUT2D eigenvalue weighted by Crippen LogP contribution is -2.47. The normalized spacial score (nSPS) is 18.2. The Hall–Kier alpha value is -2.04. The van der Waals surface area contributed by atoms with Crippen LogP contribution in [0.2, 0.25) is 0 Å². The molecule has 1 heterocycles. The Labute approximate surface area is 124 Å². The molecule has 1 unspecified atom stereocenters. The summed E-state index contributed by atoms with van der Waals surface area (Å²) in [6.07, 6.45) is 2.65. The van der Waals surface area contributed by atoms with E-state index in [1.54, 1.807) is 44.2 Å². The van der Waals surface area contributed by atoms with Crippen molar-refractivity contribution in [3.05, 3.63) is 23.8 Å². The van der Waals surface area contributed by atoms with Gasteiger partial charge in [0.05, 0.1) is 20.3 Å². The molecule has 0 aliphatic carbocycles. The lowest BCUT2D eigenvalue weighted by molar-refractivity contribution is -0.122. The summed E-state index contributed by atoms with van der Waals surface area (Å²) in [7, 11) is 3.09. The van der Waals surface area contributed by atoms with E-state index < -0.39 is 0 Å². The number of hydrogen-bond acceptors (Lipinski definition) is 4. The number of carbonyl (C=O) groups excluding carboxylic acids is 2. The third-order valence-corrected chi connectivity index (χ3v) is 3.83. The van der Waals surface area contributed by atoms with Gasteiger partial charge < -0.3 is 14.4 Å². The smallest absolute Gasteiger partial charge is 0.254 e. The molecule has 1 aliphatic heterocycles. The van der Waals surface area contributed by atoms with Gasteiger partial charge in [0.25, 0.3) is 5.91 Å². The molecule has 1 fully saturated rings. The monoisotopic (exact) mass is 291 g/mol. The molecule has 0 spiro atoms. The van der Waals surface area contributed by atoms with E-state index in [1.807, 2.05) is 0 Å². The second kappa shape index (κ2) is 6.61. The predicted molar refractivity (Wildman–Crippen MR) is 78.9 cm³/mol. The number of amides is 1. The summed E-state index contributed by atoms with van der Waals surface area (Å²) in [4.78, 5) is 26.1. The van der Waals surface area contributed by atoms with Gasteiger partial charge in [0, 0.05) is 18.2 Å². The van der Waals surface area contributed by atoms with Crippen molar-refractivity contribution < 1.29 is 19.1 Å². The van der Waals surface area contributed by atoms with Crippen molar-refractivity contribution in [2.45, 2.75) is 32.2 Å². The largest absolute Gasteiger partial charge is 0.497 e. The minimum absolute atomic E-state index is 0.0397. The van der Waals surface area contributed by atoms with Crippen molar-refractivity contribution in [1.29, 1.82) is 0 Å². The molecule has 0 radical (unpaired) electrons. The molecule has 114 valence electrons. The minimum atomic E-state index is -0.316. The average molecular weight is 291 g/mol. The van der Waals surface area contributed by atoms with E-state index >= 15 is 0 Å². The number of nitrogens with zero attached hydrogens (tertiary/aromatic N) is 1. The lowest BCUT2D eigenvalue weighted by atomic mass is 9.98. The first-order chi connectivity index (χ1) is 10.1. The topological polar surface area (TPSA) is 55.8 Å². The van der Waals surface area contributed by atoms with Gasteiger partial charge >= 0.3 is 0 Å². The van der Waals surface area contributed by atoms with Crippen molar-refractivity contribution in [1.82, 2.24) is 4.90 Å². The van der Waals surface area contributed by atoms with E-state index in [-0.39, 0.29) is 17.7 Å². The Morgan fingerprint density at radius 2 is 1.71 bits per heavy atom. The Bertz CT molecular complexity index is 519. The van der Waals surface area contributed by atoms with Gasteiger partial charge in [-0.25, -0.2) is 0 Å². The van der Waals surface area contributed by atoms with Crippen molar-refractivity contribution in [2.24, 2.45) is 0 Å². The first-order valence-electron chi connectivity index (χ1n) is 7.11. The van der Waals surface area contributed by atoms with Crippen molar-refractivity contribution in [3.63, 3.8) is 0 Å². The van der Waals surface area contributed by atoms with E-state index in [9.17, 15) is 9.59 Å². The zero-order chi connectivity index (χ0) is 15.4. The molecule has 0 aromatic heterocycles. The van der Waals surface area contributed by atoms with Crippen molar-refractivity contribution in [3.8, 4) is 11.5 Å². The van der Waals surface area contributed by atoms with Crippen LogP contribution >= 0.6 is 0 Å². The Morgan fingerprint density at radius 1 is 1.10 bits per heavy atom. The lowest BCUT2D eigenvalue weighted by Gasteiger charge is -2.34. The zero-order valence-corrected chi connectivity index (χ0v) is 12.7. The molecule has 1 aromatic carbocycles. The van der Waals surface area contributed by atoms with Gasteiger partial charge in [0.2, 0.25) is 0 Å². The molecule has 0 bridgehead atoms. The van der Waals surface area contributed by atoms with Gasteiger partial charge in [0.1, 0.15) is 11.5 Å². The predicted octanol–water partition coefficient (Wildman–Crippen LogP) is 2.29. The Kier molecular flexibility index (Phi) is 4.83. The number of ketones is 1. The fraction of sp³-hybridized carbons (Fsp3) is 0.500. The number of likely N-dealkylation sites (tertiary alicyclic amines) is 1. The van der Waals surface area contributed by atoms with Gasteiger partial charge in [-0.05, 0) is 38.3 Å². The first-order valence-corrected chi connectivity index (χ1v) is 7.11. The quantitative estimate of drug-likeness (QED) is 0.854. The molecular weight excluding hydrogens is 270 g/mol. The summed E-state index contributed by atoms with van der Waals surface area (Å²) in [5.74, 6) is 1.02.